The zero-order chi connectivity index (χ0) is 15.7. The van der Waals surface area contributed by atoms with Gasteiger partial charge in [-0.2, -0.15) is 0 Å². The molecule has 118 valence electrons. The van der Waals surface area contributed by atoms with Crippen LogP contribution in [-0.2, 0) is 21.1 Å². The average Bonchev–Trinajstić information content (AvgIpc) is 2.39. The van der Waals surface area contributed by atoms with Crippen LogP contribution in [0.2, 0.25) is 0 Å². The number of nitrogens with one attached hydrogen (secondary N) is 2. The van der Waals surface area contributed by atoms with E-state index in [0.29, 0.717) is 13.1 Å². The highest BCUT2D eigenvalue weighted by atomic mass is 32.2. The predicted molar refractivity (Wildman–Crippen MR) is 82.0 cm³/mol. The highest BCUT2D eigenvalue weighted by molar-refractivity contribution is 7.91. The molecular weight excluding hydrogens is 292 g/mol. The van der Waals surface area contributed by atoms with Crippen molar-refractivity contribution in [3.63, 3.8) is 0 Å². The van der Waals surface area contributed by atoms with E-state index in [2.05, 4.69) is 10.6 Å². The van der Waals surface area contributed by atoms with E-state index in [1.807, 2.05) is 12.1 Å². The second kappa shape index (κ2) is 8.63. The van der Waals surface area contributed by atoms with Gasteiger partial charge in [0.25, 0.3) is 0 Å². The molecule has 3 N–H and O–H groups in total. The van der Waals surface area contributed by atoms with Gasteiger partial charge in [0, 0.05) is 20.0 Å². The molecule has 0 bridgehead atoms. The van der Waals surface area contributed by atoms with Crippen molar-refractivity contribution in [3.05, 3.63) is 29.8 Å². The maximum atomic E-state index is 11.7. The Morgan fingerprint density at radius 1 is 1.10 bits per heavy atom. The summed E-state index contributed by atoms with van der Waals surface area (Å²) >= 11 is 0. The van der Waals surface area contributed by atoms with E-state index in [-0.39, 0.29) is 29.7 Å². The quantitative estimate of drug-likeness (QED) is 0.561. The standard InChI is InChI=1S/C14H22N2O4S/c1-12(17)16-9-11-21(19,20)10-8-15-7-6-13-2-4-14(18)5-3-13/h2-5,15,18H,6-11H2,1H3,(H,16,17). The highest BCUT2D eigenvalue weighted by Gasteiger charge is 2.10. The number of carbonyl (C=O) groups excluding carboxylic acids is 1. The minimum atomic E-state index is -3.14. The van der Waals surface area contributed by atoms with Crippen molar-refractivity contribution in [2.75, 3.05) is 31.1 Å². The van der Waals surface area contributed by atoms with Crippen LogP contribution in [0.5, 0.6) is 5.75 Å². The van der Waals surface area contributed by atoms with Crippen molar-refractivity contribution in [2.24, 2.45) is 0 Å². The summed E-state index contributed by atoms with van der Waals surface area (Å²) in [6.45, 7) is 2.58. The molecule has 0 unspecified atom stereocenters. The molecule has 7 heteroatoms. The zero-order valence-electron chi connectivity index (χ0n) is 12.1. The van der Waals surface area contributed by atoms with Gasteiger partial charge in [-0.25, -0.2) is 8.42 Å². The second-order valence-corrected chi connectivity index (χ2v) is 7.10. The van der Waals surface area contributed by atoms with Crippen LogP contribution >= 0.6 is 0 Å². The van der Waals surface area contributed by atoms with E-state index >= 15 is 0 Å². The molecule has 0 aliphatic rings. The van der Waals surface area contributed by atoms with E-state index in [1.165, 1.54) is 6.92 Å². The van der Waals surface area contributed by atoms with Gasteiger partial charge in [-0.05, 0) is 30.7 Å². The lowest BCUT2D eigenvalue weighted by Crippen LogP contribution is -2.31. The predicted octanol–water partition coefficient (Wildman–Crippen LogP) is 0.0752. The van der Waals surface area contributed by atoms with Gasteiger partial charge in [-0.15, -0.1) is 0 Å². The molecule has 6 nitrogen and oxygen atoms in total. The lowest BCUT2D eigenvalue weighted by atomic mass is 10.1. The fourth-order valence-corrected chi connectivity index (χ4v) is 2.81. The molecule has 0 aliphatic heterocycles. The fourth-order valence-electron chi connectivity index (χ4n) is 1.73. The summed E-state index contributed by atoms with van der Waals surface area (Å²) in [7, 11) is -3.14. The van der Waals surface area contributed by atoms with Crippen molar-refractivity contribution >= 4 is 15.7 Å². The molecule has 0 saturated carbocycles. The molecule has 0 aromatic heterocycles. The number of hydrogen-bond acceptors (Lipinski definition) is 5. The third kappa shape index (κ3) is 8.31. The van der Waals surface area contributed by atoms with Gasteiger partial charge >= 0.3 is 0 Å². The number of carbonyl (C=O) groups is 1. The van der Waals surface area contributed by atoms with Crippen LogP contribution in [0.15, 0.2) is 24.3 Å². The zero-order valence-corrected chi connectivity index (χ0v) is 12.9. The van der Waals surface area contributed by atoms with Crippen molar-refractivity contribution < 1.29 is 18.3 Å². The van der Waals surface area contributed by atoms with Gasteiger partial charge in [0.1, 0.15) is 5.75 Å². The molecule has 1 aromatic carbocycles. The normalized spacial score (nSPS) is 11.3. The third-order valence-corrected chi connectivity index (χ3v) is 4.56. The van der Waals surface area contributed by atoms with Crippen molar-refractivity contribution in [2.45, 2.75) is 13.3 Å². The average molecular weight is 314 g/mol. The fraction of sp³-hybridized carbons (Fsp3) is 0.500. The van der Waals surface area contributed by atoms with Gasteiger partial charge in [0.05, 0.1) is 11.5 Å². The van der Waals surface area contributed by atoms with Gasteiger partial charge < -0.3 is 15.7 Å². The molecule has 0 fully saturated rings. The number of amides is 1. The molecule has 0 radical (unpaired) electrons. The summed E-state index contributed by atoms with van der Waals surface area (Å²) in [5, 5.41) is 14.7. The molecule has 0 aliphatic carbocycles. The molecule has 0 saturated heterocycles. The van der Waals surface area contributed by atoms with Gasteiger partial charge in [-0.1, -0.05) is 12.1 Å². The van der Waals surface area contributed by atoms with E-state index in [4.69, 9.17) is 5.11 Å². The van der Waals surface area contributed by atoms with Crippen molar-refractivity contribution in [1.82, 2.24) is 10.6 Å². The first-order valence-electron chi connectivity index (χ1n) is 6.82. The van der Waals surface area contributed by atoms with Gasteiger partial charge in [-0.3, -0.25) is 4.79 Å². The van der Waals surface area contributed by atoms with Crippen LogP contribution in [0.25, 0.3) is 0 Å². The Balaban J connectivity index is 2.15. The molecule has 1 aromatic rings. The first-order chi connectivity index (χ1) is 9.89. The maximum Gasteiger partial charge on any atom is 0.216 e. The van der Waals surface area contributed by atoms with E-state index in [1.54, 1.807) is 12.1 Å². The van der Waals surface area contributed by atoms with Crippen LogP contribution in [0, 0.1) is 0 Å². The molecule has 0 heterocycles. The van der Waals surface area contributed by atoms with Crippen LogP contribution in [0.4, 0.5) is 0 Å². The maximum absolute atomic E-state index is 11.7. The molecule has 21 heavy (non-hydrogen) atoms. The minimum absolute atomic E-state index is 0.0355. The SMILES string of the molecule is CC(=O)NCCS(=O)(=O)CCNCCc1ccc(O)cc1. The molecule has 0 atom stereocenters. The summed E-state index contributed by atoms with van der Waals surface area (Å²) in [5.74, 6) is 0.0307. The highest BCUT2D eigenvalue weighted by Crippen LogP contribution is 2.09. The molecule has 1 amide bonds. The molecule has 0 spiro atoms. The Morgan fingerprint density at radius 3 is 2.33 bits per heavy atom. The Labute approximate surface area is 125 Å². The lowest BCUT2D eigenvalue weighted by Gasteiger charge is -2.07. The van der Waals surface area contributed by atoms with Crippen LogP contribution in [-0.4, -0.2) is 50.6 Å². The summed E-state index contributed by atoms with van der Waals surface area (Å²) in [4.78, 5) is 10.7. The Kier molecular flexibility index (Phi) is 7.18. The Morgan fingerprint density at radius 2 is 1.71 bits per heavy atom. The summed E-state index contributed by atoms with van der Waals surface area (Å²) < 4.78 is 23.3. The number of benzene rings is 1. The van der Waals surface area contributed by atoms with Crippen molar-refractivity contribution in [1.29, 1.82) is 0 Å². The summed E-state index contributed by atoms with van der Waals surface area (Å²) in [6.07, 6.45) is 0.770. The summed E-state index contributed by atoms with van der Waals surface area (Å²) in [5.41, 5.74) is 1.08. The van der Waals surface area contributed by atoms with Gasteiger partial charge in [0.2, 0.25) is 5.91 Å². The largest absolute Gasteiger partial charge is 0.508 e. The number of sulfone groups is 1. The number of phenolic OH excluding ortho intramolecular Hbond substituents is 1. The van der Waals surface area contributed by atoms with Crippen LogP contribution < -0.4 is 10.6 Å². The molecular formula is C14H22N2O4S. The number of aromatic hydroxyl groups is 1. The topological polar surface area (TPSA) is 95.5 Å². The lowest BCUT2D eigenvalue weighted by molar-refractivity contribution is -0.118. The van der Waals surface area contributed by atoms with E-state index < -0.39 is 9.84 Å². The first kappa shape index (κ1) is 17.5. The van der Waals surface area contributed by atoms with Gasteiger partial charge in [0.15, 0.2) is 9.84 Å². The number of phenols is 1. The molecule has 1 rings (SSSR count). The van der Waals surface area contributed by atoms with Crippen molar-refractivity contribution in [3.8, 4) is 5.75 Å². The van der Waals surface area contributed by atoms with Crippen LogP contribution in [0.1, 0.15) is 12.5 Å². The van der Waals surface area contributed by atoms with E-state index in [9.17, 15) is 13.2 Å². The number of rotatable bonds is 9. The monoisotopic (exact) mass is 314 g/mol. The smallest absolute Gasteiger partial charge is 0.216 e. The number of hydrogen-bond donors (Lipinski definition) is 3. The summed E-state index contributed by atoms with van der Waals surface area (Å²) in [6, 6.07) is 6.92. The van der Waals surface area contributed by atoms with Crippen LogP contribution in [0.3, 0.4) is 0 Å². The second-order valence-electron chi connectivity index (χ2n) is 4.80. The third-order valence-electron chi connectivity index (χ3n) is 2.90. The first-order valence-corrected chi connectivity index (χ1v) is 8.65. The minimum Gasteiger partial charge on any atom is -0.508 e. The Bertz CT molecular complexity index is 541. The van der Waals surface area contributed by atoms with E-state index in [0.717, 1.165) is 12.0 Å². The Hall–Kier alpha value is -1.60.